The lowest BCUT2D eigenvalue weighted by atomic mass is 9.98. The van der Waals surface area contributed by atoms with Crippen molar-refractivity contribution in [2.45, 2.75) is 12.5 Å². The molecule has 1 aliphatic rings. The maximum absolute atomic E-state index is 11.4. The van der Waals surface area contributed by atoms with Crippen LogP contribution in [0.3, 0.4) is 0 Å². The second-order valence-electron chi connectivity index (χ2n) is 3.42. The van der Waals surface area contributed by atoms with Gasteiger partial charge in [0, 0.05) is 12.0 Å². The van der Waals surface area contributed by atoms with Crippen molar-refractivity contribution in [3.8, 4) is 5.75 Å². The van der Waals surface area contributed by atoms with E-state index in [1.807, 2.05) is 0 Å². The topological polar surface area (TPSA) is 75.8 Å². The van der Waals surface area contributed by atoms with Crippen LogP contribution in [0.25, 0.3) is 0 Å². The van der Waals surface area contributed by atoms with Gasteiger partial charge in [-0.15, -0.1) is 12.4 Å². The Morgan fingerprint density at radius 3 is 2.88 bits per heavy atom. The van der Waals surface area contributed by atoms with E-state index in [1.54, 1.807) is 25.3 Å². The standard InChI is InChI=1S/C10H12N2O3.ClH/c1-15-9-4-2-3-8-6(9)5-7(11)10(13)12(8)14;/h2-4,7,14H,5,11H2,1H3;1H/t7-;/m0./s1. The number of anilines is 1. The fourth-order valence-electron chi connectivity index (χ4n) is 1.73. The van der Waals surface area contributed by atoms with Gasteiger partial charge in [-0.3, -0.25) is 10.0 Å². The van der Waals surface area contributed by atoms with Crippen molar-refractivity contribution in [1.29, 1.82) is 0 Å². The summed E-state index contributed by atoms with van der Waals surface area (Å²) in [4.78, 5) is 11.4. The first-order valence-corrected chi connectivity index (χ1v) is 4.59. The minimum absolute atomic E-state index is 0. The molecule has 6 heteroatoms. The molecule has 5 nitrogen and oxygen atoms in total. The van der Waals surface area contributed by atoms with Crippen LogP contribution in [0.15, 0.2) is 18.2 Å². The molecule has 16 heavy (non-hydrogen) atoms. The van der Waals surface area contributed by atoms with Crippen molar-refractivity contribution < 1.29 is 14.7 Å². The lowest BCUT2D eigenvalue weighted by Gasteiger charge is -2.28. The molecule has 0 fully saturated rings. The molecule has 1 amide bonds. The van der Waals surface area contributed by atoms with Crippen LogP contribution in [0.5, 0.6) is 5.75 Å². The number of carbonyl (C=O) groups is 1. The summed E-state index contributed by atoms with van der Waals surface area (Å²) in [6.07, 6.45) is 0.384. The van der Waals surface area contributed by atoms with Gasteiger partial charge in [0.1, 0.15) is 5.75 Å². The van der Waals surface area contributed by atoms with E-state index in [9.17, 15) is 10.0 Å². The van der Waals surface area contributed by atoms with Crippen LogP contribution in [-0.4, -0.2) is 24.3 Å². The van der Waals surface area contributed by atoms with E-state index in [-0.39, 0.29) is 12.4 Å². The van der Waals surface area contributed by atoms with Crippen molar-refractivity contribution in [2.75, 3.05) is 12.2 Å². The van der Waals surface area contributed by atoms with Crippen LogP contribution in [0.1, 0.15) is 5.56 Å². The fraction of sp³-hybridized carbons (Fsp3) is 0.300. The van der Waals surface area contributed by atoms with E-state index < -0.39 is 11.9 Å². The van der Waals surface area contributed by atoms with Gasteiger partial charge in [0.15, 0.2) is 0 Å². The molecule has 88 valence electrons. The Morgan fingerprint density at radius 1 is 1.56 bits per heavy atom. The number of carbonyl (C=O) groups excluding carboxylic acids is 1. The largest absolute Gasteiger partial charge is 0.496 e. The summed E-state index contributed by atoms with van der Waals surface area (Å²) in [7, 11) is 1.54. The number of hydrogen-bond acceptors (Lipinski definition) is 4. The summed E-state index contributed by atoms with van der Waals surface area (Å²) >= 11 is 0. The van der Waals surface area contributed by atoms with Gasteiger partial charge in [-0.2, -0.15) is 5.06 Å². The zero-order chi connectivity index (χ0) is 11.0. The van der Waals surface area contributed by atoms with E-state index in [0.29, 0.717) is 22.9 Å². The molecule has 1 aromatic carbocycles. The van der Waals surface area contributed by atoms with Crippen molar-refractivity contribution in [3.63, 3.8) is 0 Å². The van der Waals surface area contributed by atoms with Gasteiger partial charge in [0.25, 0.3) is 5.91 Å². The van der Waals surface area contributed by atoms with Crippen LogP contribution in [0, 0.1) is 0 Å². The Balaban J connectivity index is 0.00000128. The first kappa shape index (κ1) is 12.8. The molecule has 3 N–H and O–H groups in total. The molecule has 0 saturated heterocycles. The smallest absolute Gasteiger partial charge is 0.267 e. The lowest BCUT2D eigenvalue weighted by Crippen LogP contribution is -2.47. The van der Waals surface area contributed by atoms with Gasteiger partial charge >= 0.3 is 0 Å². The fourth-order valence-corrected chi connectivity index (χ4v) is 1.73. The van der Waals surface area contributed by atoms with Gasteiger partial charge in [0.05, 0.1) is 18.8 Å². The quantitative estimate of drug-likeness (QED) is 0.714. The van der Waals surface area contributed by atoms with E-state index in [4.69, 9.17) is 10.5 Å². The van der Waals surface area contributed by atoms with Crippen molar-refractivity contribution in [1.82, 2.24) is 0 Å². The minimum Gasteiger partial charge on any atom is -0.496 e. The molecule has 0 saturated carbocycles. The van der Waals surface area contributed by atoms with E-state index in [0.717, 1.165) is 5.56 Å². The highest BCUT2D eigenvalue weighted by atomic mass is 35.5. The number of methoxy groups -OCH3 is 1. The predicted molar refractivity (Wildman–Crippen MR) is 61.2 cm³/mol. The molecule has 0 spiro atoms. The lowest BCUT2D eigenvalue weighted by molar-refractivity contribution is -0.125. The van der Waals surface area contributed by atoms with Gasteiger partial charge in [-0.1, -0.05) is 6.07 Å². The monoisotopic (exact) mass is 244 g/mol. The minimum atomic E-state index is -0.709. The summed E-state index contributed by atoms with van der Waals surface area (Å²) in [6.45, 7) is 0. The van der Waals surface area contributed by atoms with Crippen LogP contribution in [0.2, 0.25) is 0 Å². The number of benzene rings is 1. The van der Waals surface area contributed by atoms with Crippen LogP contribution in [0.4, 0.5) is 5.69 Å². The number of nitrogens with two attached hydrogens (primary N) is 1. The van der Waals surface area contributed by atoms with Crippen LogP contribution < -0.4 is 15.5 Å². The number of halogens is 1. The highest BCUT2D eigenvalue weighted by molar-refractivity contribution is 5.98. The van der Waals surface area contributed by atoms with Gasteiger partial charge in [-0.25, -0.2) is 0 Å². The third-order valence-corrected chi connectivity index (χ3v) is 2.51. The molecule has 1 atom stereocenters. The molecule has 0 aliphatic carbocycles. The Hall–Kier alpha value is -1.30. The second-order valence-corrected chi connectivity index (χ2v) is 3.42. The first-order valence-electron chi connectivity index (χ1n) is 4.59. The summed E-state index contributed by atoms with van der Waals surface area (Å²) in [5, 5.41) is 10.2. The number of amides is 1. The molecule has 0 bridgehead atoms. The van der Waals surface area contributed by atoms with Gasteiger partial charge < -0.3 is 10.5 Å². The zero-order valence-corrected chi connectivity index (χ0v) is 9.53. The Kier molecular flexibility index (Phi) is 3.74. The maximum atomic E-state index is 11.4. The summed E-state index contributed by atoms with van der Waals surface area (Å²) in [6, 6.07) is 4.43. The third kappa shape index (κ3) is 1.84. The van der Waals surface area contributed by atoms with Crippen molar-refractivity contribution in [3.05, 3.63) is 23.8 Å². The number of nitrogens with zero attached hydrogens (tertiary/aromatic N) is 1. The molecule has 1 aromatic rings. The highest BCUT2D eigenvalue weighted by Gasteiger charge is 2.31. The molecule has 1 aliphatic heterocycles. The molecular weight excluding hydrogens is 232 g/mol. The molecule has 0 radical (unpaired) electrons. The Bertz CT molecular complexity index is 411. The molecule has 1 heterocycles. The van der Waals surface area contributed by atoms with Crippen LogP contribution in [-0.2, 0) is 11.2 Å². The number of hydrogen-bond donors (Lipinski definition) is 2. The van der Waals surface area contributed by atoms with Crippen molar-refractivity contribution >= 4 is 24.0 Å². The van der Waals surface area contributed by atoms with Gasteiger partial charge in [-0.05, 0) is 12.1 Å². The summed E-state index contributed by atoms with van der Waals surface area (Å²) in [5.74, 6) is 0.144. The number of fused-ring (bicyclic) bond motifs is 1. The normalized spacial score (nSPS) is 18.8. The average Bonchev–Trinajstić information content (AvgIpc) is 2.25. The molecule has 0 unspecified atom stereocenters. The highest BCUT2D eigenvalue weighted by Crippen LogP contribution is 2.33. The van der Waals surface area contributed by atoms with Gasteiger partial charge in [0.2, 0.25) is 0 Å². The number of rotatable bonds is 1. The van der Waals surface area contributed by atoms with E-state index >= 15 is 0 Å². The average molecular weight is 245 g/mol. The van der Waals surface area contributed by atoms with Crippen LogP contribution >= 0.6 is 12.4 Å². The second kappa shape index (κ2) is 4.69. The van der Waals surface area contributed by atoms with E-state index in [2.05, 4.69) is 0 Å². The Labute approximate surface area is 99.2 Å². The SMILES string of the molecule is COc1cccc2c1C[C@H](N)C(=O)N2O.Cl. The van der Waals surface area contributed by atoms with Crippen molar-refractivity contribution in [2.24, 2.45) is 5.73 Å². The summed E-state index contributed by atoms with van der Waals surface area (Å²) < 4.78 is 5.14. The number of ether oxygens (including phenoxy) is 1. The maximum Gasteiger partial charge on any atom is 0.267 e. The zero-order valence-electron chi connectivity index (χ0n) is 8.71. The molecule has 0 aromatic heterocycles. The predicted octanol–water partition coefficient (Wildman–Crippen LogP) is 0.723. The first-order chi connectivity index (χ1) is 7.15. The molecule has 2 rings (SSSR count). The summed E-state index contributed by atoms with van der Waals surface area (Å²) in [5.41, 5.74) is 6.80. The Morgan fingerprint density at radius 2 is 2.25 bits per heavy atom. The molecular formula is C10H13ClN2O3. The number of hydroxylamine groups is 1. The van der Waals surface area contributed by atoms with E-state index in [1.165, 1.54) is 0 Å². The third-order valence-electron chi connectivity index (χ3n) is 2.51.